The Balaban J connectivity index is 0.000000107. The van der Waals surface area contributed by atoms with Gasteiger partial charge in [-0.25, -0.2) is 0 Å². The molecule has 27 rings (SSSR count). The standard InChI is InChI=1S/C52H38.C39H28.C38H24O/c1-51(2)43-27-15-13-25-39(43)49-33-19-7-5-17-31(33)41(29-45(49)51)47-35-21-9-11-23-37(35)48(38-24-12-10-22-36(38)47)42-30-46-50(34-20-8-6-18-32(34)42)40-26-14-16-28-44(40)52(46,3)4;1-39(2)34-23-13-12-22-32(34)38-27-17-7-6-16-26(27)33(24-35(38)39)37-30-20-10-8-18-28(30)36(25-14-4-3-5-15-25)29-19-9-11-21-31(29)37;1-2-9-26(10-3-1)33-21-27-12-4-5-13-28(27)22-34(33)30-18-20-38-36(24-30)35-23-29(17-19-37(35)39-38)32-16-8-14-25-11-6-7-15-31(25)32/h5-30H,1-4H3;3-24H,1-2H3;1-24H. The van der Waals surface area contributed by atoms with Crippen molar-refractivity contribution in [3.8, 4) is 111 Å². The molecule has 0 atom stereocenters. The van der Waals surface area contributed by atoms with E-state index in [1.807, 2.05) is 0 Å². The van der Waals surface area contributed by atoms with E-state index in [-0.39, 0.29) is 16.2 Å². The summed E-state index contributed by atoms with van der Waals surface area (Å²) in [7, 11) is 0. The van der Waals surface area contributed by atoms with E-state index in [0.29, 0.717) is 0 Å². The van der Waals surface area contributed by atoms with Crippen molar-refractivity contribution in [3.05, 3.63) is 470 Å². The van der Waals surface area contributed by atoms with Crippen molar-refractivity contribution in [2.75, 3.05) is 0 Å². The molecule has 1 heterocycles. The van der Waals surface area contributed by atoms with E-state index >= 15 is 0 Å². The summed E-state index contributed by atoms with van der Waals surface area (Å²) >= 11 is 0. The molecule has 1 heteroatoms. The number of furan rings is 1. The van der Waals surface area contributed by atoms with E-state index in [4.69, 9.17) is 4.42 Å². The van der Waals surface area contributed by atoms with Gasteiger partial charge in [0.15, 0.2) is 0 Å². The molecule has 0 amide bonds. The quantitative estimate of drug-likeness (QED) is 0.145. The molecule has 23 aromatic carbocycles. The highest BCUT2D eigenvalue weighted by Gasteiger charge is 2.41. The molecule has 0 unspecified atom stereocenters. The van der Waals surface area contributed by atoms with E-state index in [0.717, 1.165) is 21.9 Å². The molecule has 1 aromatic heterocycles. The predicted octanol–water partition coefficient (Wildman–Crippen LogP) is 35.9. The Kier molecular flexibility index (Phi) is 17.5. The summed E-state index contributed by atoms with van der Waals surface area (Å²) < 4.78 is 6.31. The van der Waals surface area contributed by atoms with Gasteiger partial charge in [0.1, 0.15) is 11.2 Å². The van der Waals surface area contributed by atoms with Crippen molar-refractivity contribution >= 4 is 119 Å². The minimum Gasteiger partial charge on any atom is -0.456 e. The van der Waals surface area contributed by atoms with Crippen molar-refractivity contribution in [1.82, 2.24) is 0 Å². The molecule has 0 radical (unpaired) electrons. The normalized spacial score (nSPS) is 13.5. The highest BCUT2D eigenvalue weighted by atomic mass is 16.3. The van der Waals surface area contributed by atoms with E-state index in [2.05, 4.69) is 478 Å². The molecular weight excluding hydrogens is 1570 g/mol. The average Bonchev–Trinajstić information content (AvgIpc) is 1.19. The molecule has 3 aliphatic carbocycles. The highest BCUT2D eigenvalue weighted by molar-refractivity contribution is 6.29. The molecule has 0 bridgehead atoms. The molecule has 0 fully saturated rings. The largest absolute Gasteiger partial charge is 0.456 e. The monoisotopic (exact) mass is 1650 g/mol. The first-order valence-electron chi connectivity index (χ1n) is 45.8. The Morgan fingerprint density at radius 2 is 0.400 bits per heavy atom. The average molecular weight is 1660 g/mol. The predicted molar refractivity (Wildman–Crippen MR) is 555 cm³/mol. The summed E-state index contributed by atoms with van der Waals surface area (Å²) in [5, 5.41) is 25.5. The van der Waals surface area contributed by atoms with Crippen LogP contribution in [0.5, 0.6) is 0 Å². The third kappa shape index (κ3) is 11.7. The molecule has 0 aliphatic heterocycles. The second kappa shape index (κ2) is 29.7. The van der Waals surface area contributed by atoms with Gasteiger partial charge in [0.2, 0.25) is 0 Å². The highest BCUT2D eigenvalue weighted by Crippen LogP contribution is 2.60. The minimum atomic E-state index is -0.107. The van der Waals surface area contributed by atoms with Crippen molar-refractivity contribution in [2.24, 2.45) is 0 Å². The lowest BCUT2D eigenvalue weighted by Gasteiger charge is -2.25. The topological polar surface area (TPSA) is 13.1 Å². The fourth-order valence-electron chi connectivity index (χ4n) is 23.2. The molecule has 24 aromatic rings. The third-order valence-corrected chi connectivity index (χ3v) is 29.3. The fourth-order valence-corrected chi connectivity index (χ4v) is 23.2. The first-order chi connectivity index (χ1) is 63.8. The number of fused-ring (bicyclic) bond motifs is 24. The van der Waals surface area contributed by atoms with Crippen molar-refractivity contribution in [2.45, 2.75) is 57.8 Å². The van der Waals surface area contributed by atoms with E-state index in [1.54, 1.807) is 0 Å². The van der Waals surface area contributed by atoms with Crippen LogP contribution in [0.25, 0.3) is 230 Å². The van der Waals surface area contributed by atoms with Gasteiger partial charge in [0.05, 0.1) is 0 Å². The summed E-state index contributed by atoms with van der Waals surface area (Å²) in [6.07, 6.45) is 0. The molecular formula is C129H90O. The van der Waals surface area contributed by atoms with Crippen LogP contribution in [0.15, 0.2) is 441 Å². The van der Waals surface area contributed by atoms with Gasteiger partial charge < -0.3 is 4.42 Å². The van der Waals surface area contributed by atoms with Crippen LogP contribution in [0.3, 0.4) is 0 Å². The van der Waals surface area contributed by atoms with Crippen LogP contribution >= 0.6 is 0 Å². The minimum absolute atomic E-state index is 0.0692. The second-order valence-corrected chi connectivity index (χ2v) is 37.4. The zero-order valence-corrected chi connectivity index (χ0v) is 73.5. The lowest BCUT2D eigenvalue weighted by molar-refractivity contribution is 0.661. The summed E-state index contributed by atoms with van der Waals surface area (Å²) in [4.78, 5) is 0. The van der Waals surface area contributed by atoms with Crippen LogP contribution in [0.4, 0.5) is 0 Å². The SMILES string of the molecule is CC1(C)c2ccccc2-c2c1cc(-c1c3ccccc3c(-c3cc4c(c5ccccc35)-c3ccccc3C4(C)C)c3ccccc13)c1ccccc21.CC1(C)c2ccccc2-c2c1cc(-c1c3ccccc3c(-c3ccccc3)c3ccccc13)c1ccccc21.c1ccc(-c2cc3ccccc3cc2-c2ccc3oc4ccc(-c5cccc6ccccc56)cc4c3c2)cc1. The van der Waals surface area contributed by atoms with Crippen LogP contribution < -0.4 is 0 Å². The van der Waals surface area contributed by atoms with Crippen LogP contribution in [-0.2, 0) is 16.2 Å². The van der Waals surface area contributed by atoms with Crippen LogP contribution in [0.2, 0.25) is 0 Å². The van der Waals surface area contributed by atoms with Crippen LogP contribution in [-0.4, -0.2) is 0 Å². The van der Waals surface area contributed by atoms with Gasteiger partial charge in [-0.05, 0) is 296 Å². The van der Waals surface area contributed by atoms with Gasteiger partial charge in [-0.3, -0.25) is 0 Å². The van der Waals surface area contributed by atoms with Crippen molar-refractivity contribution in [1.29, 1.82) is 0 Å². The summed E-state index contributed by atoms with van der Waals surface area (Å²) in [5.41, 5.74) is 36.0. The van der Waals surface area contributed by atoms with Crippen molar-refractivity contribution in [3.63, 3.8) is 0 Å². The number of rotatable bonds is 7. The van der Waals surface area contributed by atoms with Gasteiger partial charge in [0.25, 0.3) is 0 Å². The van der Waals surface area contributed by atoms with Crippen LogP contribution in [0, 0.1) is 0 Å². The molecule has 3 aliphatic rings. The van der Waals surface area contributed by atoms with E-state index in [1.165, 1.54) is 242 Å². The van der Waals surface area contributed by atoms with Gasteiger partial charge >= 0.3 is 0 Å². The molecule has 0 saturated carbocycles. The van der Waals surface area contributed by atoms with E-state index < -0.39 is 0 Å². The number of benzene rings is 23. The summed E-state index contributed by atoms with van der Waals surface area (Å²) in [6, 6.07) is 161. The lowest BCUT2D eigenvalue weighted by atomic mass is 9.77. The van der Waals surface area contributed by atoms with Gasteiger partial charge in [-0.1, -0.05) is 424 Å². The fraction of sp³-hybridized carbons (Fsp3) is 0.0698. The first-order valence-corrected chi connectivity index (χ1v) is 45.8. The Morgan fingerprint density at radius 1 is 0.138 bits per heavy atom. The van der Waals surface area contributed by atoms with Crippen molar-refractivity contribution < 1.29 is 4.42 Å². The zero-order valence-electron chi connectivity index (χ0n) is 73.5. The second-order valence-electron chi connectivity index (χ2n) is 37.4. The summed E-state index contributed by atoms with van der Waals surface area (Å²) in [6.45, 7) is 14.3. The first kappa shape index (κ1) is 76.6. The third-order valence-electron chi connectivity index (χ3n) is 29.3. The molecule has 612 valence electrons. The molecule has 1 nitrogen and oxygen atoms in total. The smallest absolute Gasteiger partial charge is 0.135 e. The lowest BCUT2D eigenvalue weighted by Crippen LogP contribution is -2.15. The molecule has 0 saturated heterocycles. The number of hydrogen-bond donors (Lipinski definition) is 0. The Morgan fingerprint density at radius 3 is 0.769 bits per heavy atom. The molecule has 0 N–H and O–H groups in total. The van der Waals surface area contributed by atoms with E-state index in [9.17, 15) is 0 Å². The van der Waals surface area contributed by atoms with Gasteiger partial charge in [-0.2, -0.15) is 0 Å². The Hall–Kier alpha value is -15.8. The maximum absolute atomic E-state index is 6.31. The zero-order chi connectivity index (χ0) is 86.8. The maximum Gasteiger partial charge on any atom is 0.135 e. The maximum atomic E-state index is 6.31. The summed E-state index contributed by atoms with van der Waals surface area (Å²) in [5.74, 6) is 0. The van der Waals surface area contributed by atoms with Gasteiger partial charge in [-0.15, -0.1) is 0 Å². The van der Waals surface area contributed by atoms with Crippen LogP contribution in [0.1, 0.15) is 74.9 Å². The molecule has 130 heavy (non-hydrogen) atoms. The Labute approximate surface area is 757 Å². The van der Waals surface area contributed by atoms with Gasteiger partial charge in [0, 0.05) is 27.0 Å². The Bertz CT molecular complexity index is 8550. The molecule has 0 spiro atoms. The number of hydrogen-bond acceptors (Lipinski definition) is 1.